The van der Waals surface area contributed by atoms with Crippen molar-refractivity contribution in [1.82, 2.24) is 9.71 Å². The summed E-state index contributed by atoms with van der Waals surface area (Å²) in [5, 5.41) is 0. The van der Waals surface area contributed by atoms with E-state index in [1.165, 1.54) is 0 Å². The van der Waals surface area contributed by atoms with Crippen molar-refractivity contribution in [2.24, 2.45) is 0 Å². The summed E-state index contributed by atoms with van der Waals surface area (Å²) in [7, 11) is -5.06. The van der Waals surface area contributed by atoms with Gasteiger partial charge in [0.1, 0.15) is 4.90 Å². The third kappa shape index (κ3) is 3.83. The molecule has 1 aromatic heterocycles. The molecule has 0 aliphatic rings. The molecule has 1 heterocycles. The van der Waals surface area contributed by atoms with Gasteiger partial charge in [0.05, 0.1) is 10.0 Å². The first-order chi connectivity index (χ1) is 11.9. The highest BCUT2D eigenvalue weighted by atomic mass is 79.9. The molecule has 13 heteroatoms. The number of hydrogen-bond donors (Lipinski definition) is 1. The number of aromatic nitrogens is 1. The van der Waals surface area contributed by atoms with Gasteiger partial charge in [0.15, 0.2) is 23.3 Å². The second-order valence-electron chi connectivity index (χ2n) is 4.75. The Balaban J connectivity index is 2.44. The molecule has 2 aromatic rings. The van der Waals surface area contributed by atoms with E-state index in [1.807, 2.05) is 0 Å². The number of benzene rings is 1. The van der Waals surface area contributed by atoms with Gasteiger partial charge >= 0.3 is 6.18 Å². The van der Waals surface area contributed by atoms with Crippen LogP contribution in [-0.2, 0) is 22.7 Å². The minimum Gasteiger partial charge on any atom is -0.264 e. The molecular formula is C13H6BrF7N2O2S. The fourth-order valence-electron chi connectivity index (χ4n) is 1.91. The second-order valence-corrected chi connectivity index (χ2v) is 7.25. The van der Waals surface area contributed by atoms with Crippen LogP contribution >= 0.6 is 15.9 Å². The van der Waals surface area contributed by atoms with Crippen LogP contribution in [0.3, 0.4) is 0 Å². The van der Waals surface area contributed by atoms with Gasteiger partial charge in [-0.25, -0.2) is 30.7 Å². The molecule has 0 bridgehead atoms. The molecule has 0 unspecified atom stereocenters. The van der Waals surface area contributed by atoms with Gasteiger partial charge in [0, 0.05) is 18.9 Å². The van der Waals surface area contributed by atoms with Crippen LogP contribution in [0.4, 0.5) is 30.7 Å². The molecule has 0 radical (unpaired) electrons. The van der Waals surface area contributed by atoms with Gasteiger partial charge < -0.3 is 0 Å². The Kier molecular flexibility index (Phi) is 5.63. The lowest BCUT2D eigenvalue weighted by atomic mass is 10.1. The smallest absolute Gasteiger partial charge is 0.264 e. The average molecular weight is 467 g/mol. The molecule has 0 aliphatic heterocycles. The Morgan fingerprint density at radius 3 is 2.19 bits per heavy atom. The number of halogens is 8. The SMILES string of the molecule is O=S(=O)(NCc1cnccc1C(F)(F)F)c1c(F)c(F)c(F)c(F)c1Br. The van der Waals surface area contributed by atoms with E-state index < -0.39 is 66.5 Å². The van der Waals surface area contributed by atoms with E-state index in [0.29, 0.717) is 12.3 Å². The number of pyridine rings is 1. The minimum atomic E-state index is -5.06. The predicted molar refractivity (Wildman–Crippen MR) is 77.2 cm³/mol. The number of alkyl halides is 3. The minimum absolute atomic E-state index is 0.581. The second kappa shape index (κ2) is 7.12. The maximum absolute atomic E-state index is 13.8. The first-order valence-electron chi connectivity index (χ1n) is 6.39. The summed E-state index contributed by atoms with van der Waals surface area (Å²) in [6, 6.07) is 0.581. The van der Waals surface area contributed by atoms with Crippen molar-refractivity contribution in [3.05, 3.63) is 57.3 Å². The van der Waals surface area contributed by atoms with E-state index in [1.54, 1.807) is 4.72 Å². The molecule has 0 amide bonds. The summed E-state index contributed by atoms with van der Waals surface area (Å²) in [5.41, 5.74) is -1.84. The zero-order valence-corrected chi connectivity index (χ0v) is 14.5. The zero-order chi connectivity index (χ0) is 19.9. The average Bonchev–Trinajstić information content (AvgIpc) is 2.56. The van der Waals surface area contributed by atoms with Crippen LogP contribution in [-0.4, -0.2) is 13.4 Å². The van der Waals surface area contributed by atoms with Crippen molar-refractivity contribution in [1.29, 1.82) is 0 Å². The Bertz CT molecular complexity index is 935. The van der Waals surface area contributed by atoms with Crippen molar-refractivity contribution in [3.63, 3.8) is 0 Å². The lowest BCUT2D eigenvalue weighted by Gasteiger charge is -2.14. The fourth-order valence-corrected chi connectivity index (χ4v) is 4.04. The normalized spacial score (nSPS) is 12.5. The van der Waals surface area contributed by atoms with Crippen LogP contribution < -0.4 is 4.72 Å². The summed E-state index contributed by atoms with van der Waals surface area (Å²) >= 11 is 2.29. The topological polar surface area (TPSA) is 59.1 Å². The quantitative estimate of drug-likeness (QED) is 0.422. The van der Waals surface area contributed by atoms with Crippen LogP contribution in [0.2, 0.25) is 0 Å². The molecule has 0 spiro atoms. The van der Waals surface area contributed by atoms with Gasteiger partial charge in [-0.3, -0.25) is 4.98 Å². The van der Waals surface area contributed by atoms with E-state index in [4.69, 9.17) is 0 Å². The van der Waals surface area contributed by atoms with Crippen LogP contribution in [0.15, 0.2) is 27.8 Å². The molecule has 142 valence electrons. The van der Waals surface area contributed by atoms with Crippen LogP contribution in [0.25, 0.3) is 0 Å². The molecule has 26 heavy (non-hydrogen) atoms. The summed E-state index contributed by atoms with van der Waals surface area (Å²) in [4.78, 5) is 1.80. The molecular weight excluding hydrogens is 461 g/mol. The van der Waals surface area contributed by atoms with Gasteiger partial charge in [-0.1, -0.05) is 0 Å². The fraction of sp³-hybridized carbons (Fsp3) is 0.154. The molecule has 1 aromatic carbocycles. The lowest BCUT2D eigenvalue weighted by Crippen LogP contribution is -2.27. The van der Waals surface area contributed by atoms with Gasteiger partial charge in [-0.15, -0.1) is 0 Å². The highest BCUT2D eigenvalue weighted by molar-refractivity contribution is 9.10. The Labute approximate surface area is 150 Å². The van der Waals surface area contributed by atoms with Gasteiger partial charge in [-0.05, 0) is 27.6 Å². The van der Waals surface area contributed by atoms with E-state index >= 15 is 0 Å². The van der Waals surface area contributed by atoms with E-state index in [2.05, 4.69) is 20.9 Å². The maximum Gasteiger partial charge on any atom is 0.416 e. The standard InChI is InChI=1S/C13H6BrF7N2O2S/c14-7-8(15)9(16)10(17)11(18)12(7)26(24,25)23-4-5-3-22-2-1-6(5)13(19,20)21/h1-3,23H,4H2. The molecule has 1 N–H and O–H groups in total. The van der Waals surface area contributed by atoms with Crippen molar-refractivity contribution in [3.8, 4) is 0 Å². The summed E-state index contributed by atoms with van der Waals surface area (Å²) in [6.07, 6.45) is -3.30. The molecule has 4 nitrogen and oxygen atoms in total. The van der Waals surface area contributed by atoms with Gasteiger partial charge in [0.25, 0.3) is 0 Å². The number of nitrogens with one attached hydrogen (secondary N) is 1. The molecule has 0 fully saturated rings. The summed E-state index contributed by atoms with van der Waals surface area (Å²) in [6.45, 7) is -1.02. The van der Waals surface area contributed by atoms with Crippen molar-refractivity contribution in [2.75, 3.05) is 0 Å². The van der Waals surface area contributed by atoms with E-state index in [9.17, 15) is 39.2 Å². The summed E-state index contributed by atoms with van der Waals surface area (Å²) < 4.78 is 117. The van der Waals surface area contributed by atoms with Crippen LogP contribution in [0.5, 0.6) is 0 Å². The largest absolute Gasteiger partial charge is 0.416 e. The number of hydrogen-bond acceptors (Lipinski definition) is 3. The van der Waals surface area contributed by atoms with Crippen LogP contribution in [0.1, 0.15) is 11.1 Å². The lowest BCUT2D eigenvalue weighted by molar-refractivity contribution is -0.138. The highest BCUT2D eigenvalue weighted by Gasteiger charge is 2.35. The third-order valence-electron chi connectivity index (χ3n) is 3.10. The van der Waals surface area contributed by atoms with Crippen molar-refractivity contribution < 1.29 is 39.2 Å². The number of rotatable bonds is 4. The van der Waals surface area contributed by atoms with E-state index in [0.717, 1.165) is 6.20 Å². The third-order valence-corrected chi connectivity index (χ3v) is 5.55. The highest BCUT2D eigenvalue weighted by Crippen LogP contribution is 2.33. The predicted octanol–water partition coefficient (Wildman–Crippen LogP) is 3.90. The maximum atomic E-state index is 13.8. The summed E-state index contributed by atoms with van der Waals surface area (Å²) in [5.74, 6) is -8.88. The molecule has 2 rings (SSSR count). The van der Waals surface area contributed by atoms with Gasteiger partial charge in [0.2, 0.25) is 10.0 Å². The van der Waals surface area contributed by atoms with Gasteiger partial charge in [-0.2, -0.15) is 13.2 Å². The number of nitrogens with zero attached hydrogens (tertiary/aromatic N) is 1. The molecule has 0 atom stereocenters. The van der Waals surface area contributed by atoms with Crippen LogP contribution in [0, 0.1) is 23.3 Å². The molecule has 0 aliphatic carbocycles. The Morgan fingerprint density at radius 1 is 1.04 bits per heavy atom. The Hall–Kier alpha value is -1.73. The van der Waals surface area contributed by atoms with E-state index in [-0.39, 0.29) is 0 Å². The first-order valence-corrected chi connectivity index (χ1v) is 8.66. The Morgan fingerprint density at radius 2 is 1.62 bits per heavy atom. The monoisotopic (exact) mass is 466 g/mol. The van der Waals surface area contributed by atoms with Crippen molar-refractivity contribution >= 4 is 26.0 Å². The molecule has 0 saturated heterocycles. The molecule has 0 saturated carbocycles. The number of sulfonamides is 1. The zero-order valence-electron chi connectivity index (χ0n) is 12.1. The first kappa shape index (κ1) is 20.6. The van der Waals surface area contributed by atoms with Crippen molar-refractivity contribution in [2.45, 2.75) is 17.6 Å².